The second kappa shape index (κ2) is 7.48. The Labute approximate surface area is 156 Å². The lowest BCUT2D eigenvalue weighted by atomic mass is 9.97. The molecule has 1 saturated heterocycles. The maximum atomic E-state index is 14.6. The molecule has 27 heavy (non-hydrogen) atoms. The second-order valence-corrected chi connectivity index (χ2v) is 6.75. The second-order valence-electron chi connectivity index (χ2n) is 6.75. The van der Waals surface area contributed by atoms with Crippen LogP contribution in [-0.2, 0) is 11.3 Å². The Balaban J connectivity index is 1.51. The third-order valence-electron chi connectivity index (χ3n) is 4.96. The summed E-state index contributed by atoms with van der Waals surface area (Å²) in [6, 6.07) is 12.5. The third-order valence-corrected chi connectivity index (χ3v) is 4.96. The van der Waals surface area contributed by atoms with Gasteiger partial charge in [-0.05, 0) is 29.7 Å². The van der Waals surface area contributed by atoms with Gasteiger partial charge in [-0.25, -0.2) is 13.6 Å². The van der Waals surface area contributed by atoms with Gasteiger partial charge in [0.15, 0.2) is 0 Å². The first-order chi connectivity index (χ1) is 13.1. The predicted molar refractivity (Wildman–Crippen MR) is 99.4 cm³/mol. The van der Waals surface area contributed by atoms with E-state index < -0.39 is 17.7 Å². The zero-order chi connectivity index (χ0) is 18.8. The van der Waals surface area contributed by atoms with Crippen LogP contribution in [0.1, 0.15) is 17.5 Å². The van der Waals surface area contributed by atoms with E-state index in [9.17, 15) is 13.6 Å². The minimum absolute atomic E-state index is 0.00525. The summed E-state index contributed by atoms with van der Waals surface area (Å²) in [6.07, 6.45) is 1.89. The topological polar surface area (TPSA) is 32.8 Å². The van der Waals surface area contributed by atoms with Crippen LogP contribution in [0.15, 0.2) is 48.5 Å². The van der Waals surface area contributed by atoms with E-state index >= 15 is 0 Å². The molecule has 2 aromatic carbocycles. The first-order valence-corrected chi connectivity index (χ1v) is 9.01. The Bertz CT molecular complexity index is 860. The lowest BCUT2D eigenvalue weighted by molar-refractivity contribution is 0.181. The van der Waals surface area contributed by atoms with Gasteiger partial charge >= 0.3 is 6.09 Å². The van der Waals surface area contributed by atoms with Gasteiger partial charge < -0.3 is 4.74 Å². The van der Waals surface area contributed by atoms with E-state index in [-0.39, 0.29) is 17.9 Å². The first-order valence-electron chi connectivity index (χ1n) is 9.01. The van der Waals surface area contributed by atoms with Crippen molar-refractivity contribution >= 4 is 17.4 Å². The van der Waals surface area contributed by atoms with Crippen molar-refractivity contribution in [2.45, 2.75) is 13.0 Å². The number of nitrogens with zero attached hydrogens (tertiary/aromatic N) is 2. The van der Waals surface area contributed by atoms with Crippen LogP contribution in [0.2, 0.25) is 0 Å². The summed E-state index contributed by atoms with van der Waals surface area (Å²) in [6.45, 7) is 2.72. The summed E-state index contributed by atoms with van der Waals surface area (Å²) in [5.41, 5.74) is 2.09. The Morgan fingerprint density at radius 3 is 2.37 bits per heavy atom. The molecule has 0 saturated carbocycles. The molecule has 1 fully saturated rings. The zero-order valence-corrected chi connectivity index (χ0v) is 14.8. The highest BCUT2D eigenvalue weighted by molar-refractivity contribution is 5.89. The lowest BCUT2D eigenvalue weighted by Gasteiger charge is -2.27. The van der Waals surface area contributed by atoms with Gasteiger partial charge in [-0.15, -0.1) is 0 Å². The lowest BCUT2D eigenvalue weighted by Crippen LogP contribution is -2.28. The SMILES string of the molecule is O=C1OCCN1c1cc(F)c(C2=CCN(Cc3ccccc3)CC2)c(F)c1. The van der Waals surface area contributed by atoms with Crippen molar-refractivity contribution in [1.29, 1.82) is 0 Å². The largest absolute Gasteiger partial charge is 0.447 e. The summed E-state index contributed by atoms with van der Waals surface area (Å²) < 4.78 is 34.1. The number of ether oxygens (including phenoxy) is 1. The first kappa shape index (κ1) is 17.7. The van der Waals surface area contributed by atoms with E-state index in [0.717, 1.165) is 13.1 Å². The molecule has 0 N–H and O–H groups in total. The molecule has 4 rings (SSSR count). The van der Waals surface area contributed by atoms with Gasteiger partial charge in [0.2, 0.25) is 0 Å². The molecule has 0 bridgehead atoms. The van der Waals surface area contributed by atoms with Gasteiger partial charge in [0.1, 0.15) is 18.2 Å². The van der Waals surface area contributed by atoms with Gasteiger partial charge in [-0.3, -0.25) is 9.80 Å². The van der Waals surface area contributed by atoms with Crippen LogP contribution in [0.25, 0.3) is 5.57 Å². The molecule has 2 aliphatic heterocycles. The molecule has 0 atom stereocenters. The van der Waals surface area contributed by atoms with Crippen molar-refractivity contribution in [3.8, 4) is 0 Å². The molecule has 1 amide bonds. The Hall–Kier alpha value is -2.73. The third kappa shape index (κ3) is 3.71. The smallest absolute Gasteiger partial charge is 0.414 e. The Kier molecular flexibility index (Phi) is 4.90. The molecule has 140 valence electrons. The van der Waals surface area contributed by atoms with E-state index in [1.54, 1.807) is 0 Å². The molecular weight excluding hydrogens is 350 g/mol. The van der Waals surface area contributed by atoms with Crippen molar-refractivity contribution < 1.29 is 18.3 Å². The number of carbonyl (C=O) groups is 1. The minimum atomic E-state index is -0.646. The predicted octanol–water partition coefficient (Wildman–Crippen LogP) is 4.21. The van der Waals surface area contributed by atoms with Crippen LogP contribution in [0.5, 0.6) is 0 Å². The van der Waals surface area contributed by atoms with Crippen molar-refractivity contribution in [3.63, 3.8) is 0 Å². The zero-order valence-electron chi connectivity index (χ0n) is 14.8. The van der Waals surface area contributed by atoms with Crippen LogP contribution in [0.4, 0.5) is 19.3 Å². The van der Waals surface area contributed by atoms with Gasteiger partial charge in [0, 0.05) is 25.2 Å². The Morgan fingerprint density at radius 2 is 1.78 bits per heavy atom. The van der Waals surface area contributed by atoms with Gasteiger partial charge in [0.25, 0.3) is 0 Å². The maximum absolute atomic E-state index is 14.6. The monoisotopic (exact) mass is 370 g/mol. The fourth-order valence-corrected chi connectivity index (χ4v) is 3.57. The van der Waals surface area contributed by atoms with E-state index in [2.05, 4.69) is 17.0 Å². The molecule has 2 heterocycles. The summed E-state index contributed by atoms with van der Waals surface area (Å²) in [5.74, 6) is -1.29. The van der Waals surface area contributed by atoms with Crippen LogP contribution >= 0.6 is 0 Å². The average Bonchev–Trinajstić information content (AvgIpc) is 3.09. The quantitative estimate of drug-likeness (QED) is 0.808. The molecule has 4 nitrogen and oxygen atoms in total. The molecule has 0 unspecified atom stereocenters. The highest BCUT2D eigenvalue weighted by atomic mass is 19.1. The van der Waals surface area contributed by atoms with Crippen LogP contribution in [0, 0.1) is 11.6 Å². The van der Waals surface area contributed by atoms with Crippen molar-refractivity contribution in [3.05, 3.63) is 71.3 Å². The highest BCUT2D eigenvalue weighted by Gasteiger charge is 2.27. The van der Waals surface area contributed by atoms with Crippen molar-refractivity contribution in [2.75, 3.05) is 31.1 Å². The number of halogens is 2. The number of hydrogen-bond acceptors (Lipinski definition) is 3. The van der Waals surface area contributed by atoms with Gasteiger partial charge in [0.05, 0.1) is 12.2 Å². The molecule has 2 aliphatic rings. The molecule has 0 aliphatic carbocycles. The fraction of sp³-hybridized carbons (Fsp3) is 0.286. The molecule has 2 aromatic rings. The summed E-state index contributed by atoms with van der Waals surface area (Å²) >= 11 is 0. The minimum Gasteiger partial charge on any atom is -0.447 e. The fourth-order valence-electron chi connectivity index (χ4n) is 3.57. The molecule has 6 heteroatoms. The van der Waals surface area contributed by atoms with Crippen molar-refractivity contribution in [1.82, 2.24) is 4.90 Å². The average molecular weight is 370 g/mol. The maximum Gasteiger partial charge on any atom is 0.414 e. The molecule has 0 spiro atoms. The number of amides is 1. The van der Waals surface area contributed by atoms with E-state index in [1.165, 1.54) is 22.6 Å². The van der Waals surface area contributed by atoms with Crippen LogP contribution in [-0.4, -0.2) is 37.2 Å². The van der Waals surface area contributed by atoms with E-state index in [1.807, 2.05) is 24.3 Å². The number of benzene rings is 2. The van der Waals surface area contributed by atoms with Crippen LogP contribution in [0.3, 0.4) is 0 Å². The summed E-state index contributed by atoms with van der Waals surface area (Å²) in [7, 11) is 0. The van der Waals surface area contributed by atoms with Gasteiger partial charge in [-0.2, -0.15) is 0 Å². The summed E-state index contributed by atoms with van der Waals surface area (Å²) in [5, 5.41) is 0. The summed E-state index contributed by atoms with van der Waals surface area (Å²) in [4.78, 5) is 15.1. The van der Waals surface area contributed by atoms with Crippen molar-refractivity contribution in [2.24, 2.45) is 0 Å². The van der Waals surface area contributed by atoms with Gasteiger partial charge in [-0.1, -0.05) is 36.4 Å². The number of anilines is 1. The number of carbonyl (C=O) groups excluding carboxylic acids is 1. The number of cyclic esters (lactones) is 1. The molecular formula is C21H20F2N2O2. The number of rotatable bonds is 4. The molecule has 0 aromatic heterocycles. The normalized spacial score (nSPS) is 17.8. The van der Waals surface area contributed by atoms with Crippen LogP contribution < -0.4 is 4.90 Å². The highest BCUT2D eigenvalue weighted by Crippen LogP contribution is 2.31. The van der Waals surface area contributed by atoms with E-state index in [0.29, 0.717) is 25.1 Å². The Morgan fingerprint density at radius 1 is 1.04 bits per heavy atom. The number of hydrogen-bond donors (Lipinski definition) is 0. The standard InChI is InChI=1S/C21H20F2N2O2/c22-18-12-17(25-10-11-27-21(25)26)13-19(23)20(18)16-6-8-24(9-7-16)14-15-4-2-1-3-5-15/h1-6,12-13H,7-11,14H2. The van der Waals surface area contributed by atoms with E-state index in [4.69, 9.17) is 4.74 Å². The molecule has 0 radical (unpaired) electrons.